The summed E-state index contributed by atoms with van der Waals surface area (Å²) >= 11 is 0. The molecule has 1 aromatic heterocycles. The highest BCUT2D eigenvalue weighted by Crippen LogP contribution is 1.81. The number of amides is 1. The summed E-state index contributed by atoms with van der Waals surface area (Å²) in [7, 11) is 0. The van der Waals surface area contributed by atoms with Crippen LogP contribution in [0.3, 0.4) is 0 Å². The molecule has 0 unspecified atom stereocenters. The molecule has 8 heteroatoms. The lowest BCUT2D eigenvalue weighted by molar-refractivity contribution is -0.118. The van der Waals surface area contributed by atoms with Gasteiger partial charge in [0.05, 0.1) is 0 Å². The standard InChI is InChI=1S/C7H9N5O3/c8-6(9)10-5(14)3-12-2-1-4(13)11-7(12)15/h1-2H,3H2,(H,11,13,15)(H4,8,9,10,14). The zero-order valence-corrected chi connectivity index (χ0v) is 7.64. The largest absolute Gasteiger partial charge is 0.370 e. The summed E-state index contributed by atoms with van der Waals surface area (Å²) in [6, 6.07) is 1.12. The Kier molecular flexibility index (Phi) is 3.01. The molecule has 5 N–H and O–H groups in total. The SMILES string of the molecule is NC(N)=NC(=O)Cn1ccc(=O)[nH]c1=O. The van der Waals surface area contributed by atoms with Crippen molar-refractivity contribution in [2.24, 2.45) is 16.5 Å². The van der Waals surface area contributed by atoms with Crippen LogP contribution >= 0.6 is 0 Å². The van der Waals surface area contributed by atoms with Crippen LogP contribution in [-0.2, 0) is 11.3 Å². The van der Waals surface area contributed by atoms with E-state index in [-0.39, 0.29) is 12.5 Å². The molecule has 0 radical (unpaired) electrons. The van der Waals surface area contributed by atoms with E-state index >= 15 is 0 Å². The molecule has 0 spiro atoms. The lowest BCUT2D eigenvalue weighted by Gasteiger charge is -1.99. The van der Waals surface area contributed by atoms with Crippen LogP contribution in [0.5, 0.6) is 0 Å². The normalized spacial score (nSPS) is 9.60. The topological polar surface area (TPSA) is 136 Å². The molecule has 0 atom stereocenters. The number of nitrogens with one attached hydrogen (secondary N) is 1. The monoisotopic (exact) mass is 211 g/mol. The molecule has 0 fully saturated rings. The summed E-state index contributed by atoms with van der Waals surface area (Å²) in [4.78, 5) is 38.1. The Morgan fingerprint density at radius 2 is 2.13 bits per heavy atom. The van der Waals surface area contributed by atoms with Crippen molar-refractivity contribution in [1.29, 1.82) is 0 Å². The summed E-state index contributed by atoms with van der Waals surface area (Å²) in [5.74, 6) is -1.05. The average molecular weight is 211 g/mol. The Hall–Kier alpha value is -2.38. The number of nitrogens with two attached hydrogens (primary N) is 2. The number of guanidine groups is 1. The first-order chi connectivity index (χ1) is 6.99. The number of aliphatic imine (C=N–C) groups is 1. The van der Waals surface area contributed by atoms with E-state index in [9.17, 15) is 14.4 Å². The van der Waals surface area contributed by atoms with Crippen molar-refractivity contribution in [1.82, 2.24) is 9.55 Å². The molecule has 15 heavy (non-hydrogen) atoms. The molecule has 80 valence electrons. The molecular weight excluding hydrogens is 202 g/mol. The van der Waals surface area contributed by atoms with Crippen molar-refractivity contribution in [2.75, 3.05) is 0 Å². The average Bonchev–Trinajstić information content (AvgIpc) is 2.08. The van der Waals surface area contributed by atoms with E-state index in [4.69, 9.17) is 11.5 Å². The maximum Gasteiger partial charge on any atom is 0.328 e. The van der Waals surface area contributed by atoms with Crippen LogP contribution in [0.2, 0.25) is 0 Å². The summed E-state index contributed by atoms with van der Waals surface area (Å²) in [6.07, 6.45) is 1.18. The number of nitrogens with zero attached hydrogens (tertiary/aromatic N) is 2. The van der Waals surface area contributed by atoms with E-state index in [2.05, 4.69) is 4.99 Å². The Balaban J connectivity index is 2.91. The van der Waals surface area contributed by atoms with Gasteiger partial charge in [-0.2, -0.15) is 4.99 Å². The molecule has 1 amide bonds. The second kappa shape index (κ2) is 4.22. The lowest BCUT2D eigenvalue weighted by Crippen LogP contribution is -2.31. The highest BCUT2D eigenvalue weighted by atomic mass is 16.2. The molecule has 0 aliphatic rings. The van der Waals surface area contributed by atoms with Gasteiger partial charge in [-0.1, -0.05) is 0 Å². The second-order valence-electron chi connectivity index (χ2n) is 2.67. The number of carbonyl (C=O) groups excluding carboxylic acids is 1. The van der Waals surface area contributed by atoms with Crippen molar-refractivity contribution >= 4 is 11.9 Å². The highest BCUT2D eigenvalue weighted by molar-refractivity contribution is 5.91. The first kappa shape index (κ1) is 10.7. The lowest BCUT2D eigenvalue weighted by atomic mass is 10.5. The van der Waals surface area contributed by atoms with Crippen molar-refractivity contribution in [3.8, 4) is 0 Å². The van der Waals surface area contributed by atoms with Crippen molar-refractivity contribution in [3.63, 3.8) is 0 Å². The molecule has 0 aliphatic carbocycles. The quantitative estimate of drug-likeness (QED) is 0.362. The van der Waals surface area contributed by atoms with Crippen LogP contribution < -0.4 is 22.7 Å². The minimum absolute atomic E-state index is 0.326. The molecular formula is C7H9N5O3. The van der Waals surface area contributed by atoms with E-state index in [0.29, 0.717) is 0 Å². The number of hydrogen-bond acceptors (Lipinski definition) is 3. The number of carbonyl (C=O) groups is 1. The maximum atomic E-state index is 11.1. The minimum atomic E-state index is -0.693. The van der Waals surface area contributed by atoms with Crippen molar-refractivity contribution in [3.05, 3.63) is 33.1 Å². The van der Waals surface area contributed by atoms with Crippen LogP contribution in [0.25, 0.3) is 0 Å². The van der Waals surface area contributed by atoms with Gasteiger partial charge in [-0.3, -0.25) is 19.1 Å². The summed E-state index contributed by atoms with van der Waals surface area (Å²) in [5.41, 5.74) is 8.71. The van der Waals surface area contributed by atoms with Crippen LogP contribution in [-0.4, -0.2) is 21.4 Å². The Bertz CT molecular complexity index is 508. The van der Waals surface area contributed by atoms with Crippen LogP contribution in [0, 0.1) is 0 Å². The van der Waals surface area contributed by atoms with Gasteiger partial charge >= 0.3 is 5.69 Å². The smallest absolute Gasteiger partial charge is 0.328 e. The van der Waals surface area contributed by atoms with Crippen LogP contribution in [0.1, 0.15) is 0 Å². The van der Waals surface area contributed by atoms with Gasteiger partial charge in [0.1, 0.15) is 6.54 Å². The predicted molar refractivity (Wildman–Crippen MR) is 52.1 cm³/mol. The van der Waals surface area contributed by atoms with Gasteiger partial charge in [-0.05, 0) is 0 Å². The minimum Gasteiger partial charge on any atom is -0.370 e. The van der Waals surface area contributed by atoms with Gasteiger partial charge in [0.15, 0.2) is 5.96 Å². The van der Waals surface area contributed by atoms with E-state index in [0.717, 1.165) is 10.6 Å². The molecule has 1 aromatic rings. The van der Waals surface area contributed by atoms with E-state index in [1.165, 1.54) is 6.20 Å². The summed E-state index contributed by atoms with van der Waals surface area (Å²) < 4.78 is 0.982. The van der Waals surface area contributed by atoms with Crippen LogP contribution in [0.15, 0.2) is 26.8 Å². The highest BCUT2D eigenvalue weighted by Gasteiger charge is 2.03. The Morgan fingerprint density at radius 1 is 1.47 bits per heavy atom. The third-order valence-corrected chi connectivity index (χ3v) is 1.46. The summed E-state index contributed by atoms with van der Waals surface area (Å²) in [5, 5.41) is 0. The van der Waals surface area contributed by atoms with Crippen molar-refractivity contribution < 1.29 is 4.79 Å². The predicted octanol–water partition coefficient (Wildman–Crippen LogP) is -2.66. The Labute approximate surface area is 83.2 Å². The third-order valence-electron chi connectivity index (χ3n) is 1.46. The zero-order valence-electron chi connectivity index (χ0n) is 7.64. The maximum absolute atomic E-state index is 11.1. The molecule has 0 bridgehead atoms. The summed E-state index contributed by atoms with van der Waals surface area (Å²) in [6.45, 7) is -0.326. The number of hydrogen-bond donors (Lipinski definition) is 3. The molecule has 1 rings (SSSR count). The van der Waals surface area contributed by atoms with Gasteiger partial charge < -0.3 is 11.5 Å². The molecule has 8 nitrogen and oxygen atoms in total. The molecule has 0 aliphatic heterocycles. The number of aromatic amines is 1. The molecule has 1 heterocycles. The third kappa shape index (κ3) is 3.10. The number of H-pyrrole nitrogens is 1. The first-order valence-electron chi connectivity index (χ1n) is 3.91. The fraction of sp³-hybridized carbons (Fsp3) is 0.143. The fourth-order valence-corrected chi connectivity index (χ4v) is 0.894. The van der Waals surface area contributed by atoms with Crippen molar-refractivity contribution in [2.45, 2.75) is 6.54 Å². The van der Waals surface area contributed by atoms with E-state index in [1.807, 2.05) is 4.98 Å². The van der Waals surface area contributed by atoms with E-state index in [1.54, 1.807) is 0 Å². The zero-order chi connectivity index (χ0) is 11.4. The second-order valence-corrected chi connectivity index (χ2v) is 2.67. The Morgan fingerprint density at radius 3 is 2.67 bits per heavy atom. The van der Waals surface area contributed by atoms with E-state index < -0.39 is 17.2 Å². The van der Waals surface area contributed by atoms with Gasteiger partial charge in [0.2, 0.25) is 0 Å². The molecule has 0 saturated heterocycles. The first-order valence-corrected chi connectivity index (χ1v) is 3.91. The van der Waals surface area contributed by atoms with Gasteiger partial charge in [-0.25, -0.2) is 4.79 Å². The molecule has 0 saturated carbocycles. The fourth-order valence-electron chi connectivity index (χ4n) is 0.894. The van der Waals surface area contributed by atoms with Gasteiger partial charge in [-0.15, -0.1) is 0 Å². The van der Waals surface area contributed by atoms with Gasteiger partial charge in [0.25, 0.3) is 11.5 Å². The molecule has 0 aromatic carbocycles. The number of aromatic nitrogens is 2. The van der Waals surface area contributed by atoms with Gasteiger partial charge in [0, 0.05) is 12.3 Å². The number of rotatable bonds is 2. The van der Waals surface area contributed by atoms with Crippen LogP contribution in [0.4, 0.5) is 0 Å².